The van der Waals surface area contributed by atoms with Crippen LogP contribution in [0.1, 0.15) is 57.1 Å². The van der Waals surface area contributed by atoms with Crippen LogP contribution in [0.4, 0.5) is 17.8 Å². The van der Waals surface area contributed by atoms with E-state index in [0.29, 0.717) is 5.95 Å². The van der Waals surface area contributed by atoms with E-state index in [1.54, 1.807) is 0 Å². The van der Waals surface area contributed by atoms with Crippen molar-refractivity contribution in [1.29, 1.82) is 0 Å². The van der Waals surface area contributed by atoms with E-state index in [9.17, 15) is 0 Å². The second kappa shape index (κ2) is 8.55. The summed E-state index contributed by atoms with van der Waals surface area (Å²) in [4.78, 5) is 19.0. The van der Waals surface area contributed by atoms with Crippen LogP contribution in [-0.4, -0.2) is 41.1 Å². The Morgan fingerprint density at radius 3 is 1.78 bits per heavy atom. The average Bonchev–Trinajstić information content (AvgIpc) is 2.75. The Balaban J connectivity index is 1.60. The van der Waals surface area contributed by atoms with E-state index in [4.69, 9.17) is 15.0 Å². The normalized spacial score (nSPS) is 19.0. The molecule has 6 nitrogen and oxygen atoms in total. The van der Waals surface area contributed by atoms with Crippen LogP contribution in [0.2, 0.25) is 0 Å². The summed E-state index contributed by atoms with van der Waals surface area (Å²) in [7, 11) is 0. The maximum atomic E-state index is 4.85. The van der Waals surface area contributed by atoms with Crippen molar-refractivity contribution in [3.8, 4) is 0 Å². The number of rotatable bonds is 5. The summed E-state index contributed by atoms with van der Waals surface area (Å²) in [6.45, 7) is 6.31. The second-order valence-electron chi connectivity index (χ2n) is 7.63. The van der Waals surface area contributed by atoms with Crippen molar-refractivity contribution in [2.24, 2.45) is 0 Å². The lowest BCUT2D eigenvalue weighted by Crippen LogP contribution is -2.34. The molecule has 6 heteroatoms. The van der Waals surface area contributed by atoms with Gasteiger partial charge in [-0.2, -0.15) is 15.0 Å². The highest BCUT2D eigenvalue weighted by molar-refractivity contribution is 5.46. The summed E-state index contributed by atoms with van der Waals surface area (Å²) in [6.07, 6.45) is 7.47. The lowest BCUT2D eigenvalue weighted by atomic mass is 10.1. The van der Waals surface area contributed by atoms with Gasteiger partial charge in [-0.25, -0.2) is 0 Å². The molecule has 3 heterocycles. The van der Waals surface area contributed by atoms with Crippen molar-refractivity contribution in [2.45, 2.75) is 51.5 Å². The quantitative estimate of drug-likeness (QED) is 0.862. The molecule has 0 spiro atoms. The molecule has 0 radical (unpaired) electrons. The molecular formula is C21H30N6. The lowest BCUT2D eigenvalue weighted by molar-refractivity contribution is 0.556. The third kappa shape index (κ3) is 4.49. The van der Waals surface area contributed by atoms with Gasteiger partial charge in [-0.3, -0.25) is 0 Å². The van der Waals surface area contributed by atoms with Crippen LogP contribution in [0.25, 0.3) is 0 Å². The topological polar surface area (TPSA) is 57.2 Å². The Hall–Kier alpha value is -2.37. The van der Waals surface area contributed by atoms with E-state index < -0.39 is 0 Å². The molecule has 1 unspecified atom stereocenters. The van der Waals surface area contributed by atoms with Crippen LogP contribution in [0.15, 0.2) is 30.3 Å². The third-order valence-corrected chi connectivity index (χ3v) is 5.53. The predicted octanol–water partition coefficient (Wildman–Crippen LogP) is 4.03. The molecule has 1 N–H and O–H groups in total. The number of benzene rings is 1. The Labute approximate surface area is 162 Å². The number of anilines is 3. The summed E-state index contributed by atoms with van der Waals surface area (Å²) in [6, 6.07) is 10.6. The van der Waals surface area contributed by atoms with Gasteiger partial charge in [-0.15, -0.1) is 0 Å². The van der Waals surface area contributed by atoms with E-state index in [1.807, 2.05) is 6.07 Å². The van der Waals surface area contributed by atoms with Gasteiger partial charge in [0.1, 0.15) is 0 Å². The van der Waals surface area contributed by atoms with Crippen LogP contribution < -0.4 is 15.1 Å². The first-order valence-corrected chi connectivity index (χ1v) is 10.4. The predicted molar refractivity (Wildman–Crippen MR) is 110 cm³/mol. The zero-order chi connectivity index (χ0) is 18.5. The van der Waals surface area contributed by atoms with Gasteiger partial charge in [-0.1, -0.05) is 30.3 Å². The monoisotopic (exact) mass is 366 g/mol. The zero-order valence-corrected chi connectivity index (χ0v) is 16.3. The van der Waals surface area contributed by atoms with Gasteiger partial charge in [-0.05, 0) is 51.0 Å². The van der Waals surface area contributed by atoms with E-state index in [0.717, 1.165) is 38.1 Å². The fourth-order valence-electron chi connectivity index (χ4n) is 3.91. The molecule has 27 heavy (non-hydrogen) atoms. The van der Waals surface area contributed by atoms with E-state index >= 15 is 0 Å². The third-order valence-electron chi connectivity index (χ3n) is 5.53. The van der Waals surface area contributed by atoms with Crippen molar-refractivity contribution >= 4 is 17.8 Å². The van der Waals surface area contributed by atoms with Crippen LogP contribution in [0.5, 0.6) is 0 Å². The fourth-order valence-corrected chi connectivity index (χ4v) is 3.91. The number of hydrogen-bond donors (Lipinski definition) is 1. The SMILES string of the molecule is CC(Nc1nc(N2CCCCC2)nc(N2CCCCC2)n1)c1ccccc1. The van der Waals surface area contributed by atoms with E-state index in [1.165, 1.54) is 44.1 Å². The van der Waals surface area contributed by atoms with Crippen LogP contribution in [0.3, 0.4) is 0 Å². The lowest BCUT2D eigenvalue weighted by Gasteiger charge is -2.30. The molecule has 2 aromatic rings. The van der Waals surface area contributed by atoms with Crippen molar-refractivity contribution < 1.29 is 0 Å². The van der Waals surface area contributed by atoms with Gasteiger partial charge in [0, 0.05) is 26.2 Å². The van der Waals surface area contributed by atoms with Crippen LogP contribution in [0, 0.1) is 0 Å². The molecule has 1 aromatic heterocycles. The van der Waals surface area contributed by atoms with Gasteiger partial charge in [0.05, 0.1) is 6.04 Å². The molecule has 2 fully saturated rings. The summed E-state index contributed by atoms with van der Waals surface area (Å²) in [5.74, 6) is 2.34. The fraction of sp³-hybridized carbons (Fsp3) is 0.571. The summed E-state index contributed by atoms with van der Waals surface area (Å²) >= 11 is 0. The van der Waals surface area contributed by atoms with E-state index in [-0.39, 0.29) is 6.04 Å². The smallest absolute Gasteiger partial charge is 0.231 e. The largest absolute Gasteiger partial charge is 0.348 e. The minimum absolute atomic E-state index is 0.150. The van der Waals surface area contributed by atoms with Gasteiger partial charge in [0.2, 0.25) is 17.8 Å². The molecule has 2 aliphatic rings. The Morgan fingerprint density at radius 1 is 0.741 bits per heavy atom. The van der Waals surface area contributed by atoms with Crippen molar-refractivity contribution in [3.63, 3.8) is 0 Å². The molecule has 0 saturated carbocycles. The van der Waals surface area contributed by atoms with Crippen molar-refractivity contribution in [2.75, 3.05) is 41.3 Å². The standard InChI is InChI=1S/C21H30N6/c1-17(18-11-5-2-6-12-18)22-19-23-20(26-13-7-3-8-14-26)25-21(24-19)27-15-9-4-10-16-27/h2,5-6,11-12,17H,3-4,7-10,13-16H2,1H3,(H,22,23,24,25). The molecule has 0 bridgehead atoms. The molecule has 0 aliphatic carbocycles. The highest BCUT2D eigenvalue weighted by atomic mass is 15.4. The maximum absolute atomic E-state index is 4.85. The average molecular weight is 367 g/mol. The number of nitrogens with zero attached hydrogens (tertiary/aromatic N) is 5. The minimum Gasteiger partial charge on any atom is -0.348 e. The Bertz CT molecular complexity index is 686. The van der Waals surface area contributed by atoms with Gasteiger partial charge in [0.25, 0.3) is 0 Å². The molecule has 0 amide bonds. The second-order valence-corrected chi connectivity index (χ2v) is 7.63. The molecule has 4 rings (SSSR count). The molecular weight excluding hydrogens is 336 g/mol. The Kier molecular flexibility index (Phi) is 5.70. The molecule has 1 atom stereocenters. The first kappa shape index (κ1) is 18.0. The van der Waals surface area contributed by atoms with Crippen molar-refractivity contribution in [1.82, 2.24) is 15.0 Å². The van der Waals surface area contributed by atoms with Gasteiger partial charge < -0.3 is 15.1 Å². The first-order chi connectivity index (χ1) is 13.3. The zero-order valence-electron chi connectivity index (χ0n) is 16.3. The first-order valence-electron chi connectivity index (χ1n) is 10.4. The highest BCUT2D eigenvalue weighted by Gasteiger charge is 2.21. The number of aromatic nitrogens is 3. The number of nitrogens with one attached hydrogen (secondary N) is 1. The van der Waals surface area contributed by atoms with Crippen LogP contribution in [-0.2, 0) is 0 Å². The van der Waals surface area contributed by atoms with Crippen LogP contribution >= 0.6 is 0 Å². The molecule has 1 aromatic carbocycles. The molecule has 2 saturated heterocycles. The summed E-state index contributed by atoms with van der Waals surface area (Å²) < 4.78 is 0. The highest BCUT2D eigenvalue weighted by Crippen LogP contribution is 2.24. The van der Waals surface area contributed by atoms with Gasteiger partial charge >= 0.3 is 0 Å². The number of hydrogen-bond acceptors (Lipinski definition) is 6. The van der Waals surface area contributed by atoms with Gasteiger partial charge in [0.15, 0.2) is 0 Å². The summed E-state index contributed by atoms with van der Waals surface area (Å²) in [5.41, 5.74) is 1.23. The van der Waals surface area contributed by atoms with E-state index in [2.05, 4.69) is 46.3 Å². The minimum atomic E-state index is 0.150. The molecule has 2 aliphatic heterocycles. The van der Waals surface area contributed by atoms with Crippen molar-refractivity contribution in [3.05, 3.63) is 35.9 Å². The Morgan fingerprint density at radius 2 is 1.26 bits per heavy atom. The summed E-state index contributed by atoms with van der Waals surface area (Å²) in [5, 5.41) is 3.50. The maximum Gasteiger partial charge on any atom is 0.231 e. The molecule has 144 valence electrons. The number of piperidine rings is 2.